The highest BCUT2D eigenvalue weighted by atomic mass is 16.4. The van der Waals surface area contributed by atoms with E-state index in [1.165, 1.54) is 19.3 Å². The van der Waals surface area contributed by atoms with Crippen LogP contribution in [0.2, 0.25) is 0 Å². The van der Waals surface area contributed by atoms with Gasteiger partial charge >= 0.3 is 11.9 Å². The van der Waals surface area contributed by atoms with Crippen molar-refractivity contribution < 1.29 is 34.5 Å². The summed E-state index contributed by atoms with van der Waals surface area (Å²) in [6, 6.07) is -2.32. The third kappa shape index (κ3) is 16.5. The smallest absolute Gasteiger partial charge is 0.326 e. The summed E-state index contributed by atoms with van der Waals surface area (Å²) in [5.41, 5.74) is 0. The summed E-state index contributed by atoms with van der Waals surface area (Å²) in [6.45, 7) is 8.09. The Hall–Kier alpha value is -2.16. The second-order valence-electron chi connectivity index (χ2n) is 9.80. The number of aliphatic hydroxyl groups is 1. The van der Waals surface area contributed by atoms with E-state index >= 15 is 0 Å². The first-order valence-corrected chi connectivity index (χ1v) is 12.7. The van der Waals surface area contributed by atoms with E-state index < -0.39 is 41.9 Å². The lowest BCUT2D eigenvalue weighted by Crippen LogP contribution is -2.52. The first-order chi connectivity index (χ1) is 16.0. The molecule has 0 spiro atoms. The van der Waals surface area contributed by atoms with Crippen molar-refractivity contribution in [2.24, 2.45) is 11.8 Å². The van der Waals surface area contributed by atoms with Crippen LogP contribution in [0.25, 0.3) is 0 Å². The molecule has 4 unspecified atom stereocenters. The first-order valence-electron chi connectivity index (χ1n) is 12.7. The third-order valence-electron chi connectivity index (χ3n) is 5.97. The molecule has 5 N–H and O–H groups in total. The molecule has 0 fully saturated rings. The van der Waals surface area contributed by atoms with Crippen LogP contribution in [0.3, 0.4) is 0 Å². The van der Waals surface area contributed by atoms with E-state index in [9.17, 15) is 29.4 Å². The molecule has 0 radical (unpaired) electrons. The fraction of sp³-hybridized carbons (Fsp3) is 0.840. The normalized spacial score (nSPS) is 14.8. The van der Waals surface area contributed by atoms with Crippen LogP contribution in [0, 0.1) is 11.8 Å². The summed E-state index contributed by atoms with van der Waals surface area (Å²) in [5, 5.41) is 33.3. The van der Waals surface area contributed by atoms with Crippen molar-refractivity contribution in [1.82, 2.24) is 10.6 Å². The minimum atomic E-state index is -1.19. The molecule has 0 aromatic rings. The van der Waals surface area contributed by atoms with Gasteiger partial charge in [0.1, 0.15) is 12.1 Å². The molecule has 2 amide bonds. The fourth-order valence-electron chi connectivity index (χ4n) is 3.68. The van der Waals surface area contributed by atoms with Crippen molar-refractivity contribution in [3.8, 4) is 0 Å². The van der Waals surface area contributed by atoms with Gasteiger partial charge in [-0.05, 0) is 31.1 Å². The van der Waals surface area contributed by atoms with Crippen LogP contribution in [0.15, 0.2) is 0 Å². The highest BCUT2D eigenvalue weighted by Crippen LogP contribution is 2.15. The maximum Gasteiger partial charge on any atom is 0.326 e. The van der Waals surface area contributed by atoms with E-state index in [2.05, 4.69) is 24.5 Å². The molecule has 0 aromatic carbocycles. The van der Waals surface area contributed by atoms with Crippen LogP contribution in [0.4, 0.5) is 0 Å². The number of aliphatic carboxylic acids is 2. The molecule has 0 aliphatic carbocycles. The molecule has 4 atom stereocenters. The third-order valence-corrected chi connectivity index (χ3v) is 5.97. The number of carbonyl (C=O) groups excluding carboxylic acids is 2. The molecule has 0 saturated carbocycles. The molecule has 0 aliphatic heterocycles. The van der Waals surface area contributed by atoms with Gasteiger partial charge in [0.05, 0.1) is 12.5 Å². The van der Waals surface area contributed by atoms with E-state index in [-0.39, 0.29) is 31.6 Å². The van der Waals surface area contributed by atoms with E-state index in [0.717, 1.165) is 31.6 Å². The number of nitrogens with one attached hydrogen (secondary N) is 2. The van der Waals surface area contributed by atoms with E-state index in [1.807, 2.05) is 13.8 Å². The largest absolute Gasteiger partial charge is 0.481 e. The average Bonchev–Trinajstić information content (AvgIpc) is 2.74. The van der Waals surface area contributed by atoms with Crippen molar-refractivity contribution in [2.45, 2.75) is 123 Å². The predicted octanol–water partition coefficient (Wildman–Crippen LogP) is 3.48. The summed E-state index contributed by atoms with van der Waals surface area (Å²) < 4.78 is 0. The number of aliphatic hydroxyl groups excluding tert-OH is 1. The maximum absolute atomic E-state index is 12.6. The van der Waals surface area contributed by atoms with Crippen LogP contribution in [-0.2, 0) is 19.2 Å². The lowest BCUT2D eigenvalue weighted by Gasteiger charge is -2.22. The molecule has 0 rings (SSSR count). The highest BCUT2D eigenvalue weighted by Gasteiger charge is 2.28. The first kappa shape index (κ1) is 31.8. The topological polar surface area (TPSA) is 153 Å². The van der Waals surface area contributed by atoms with E-state index in [1.54, 1.807) is 0 Å². The monoisotopic (exact) mass is 486 g/mol. The van der Waals surface area contributed by atoms with E-state index in [4.69, 9.17) is 5.11 Å². The van der Waals surface area contributed by atoms with E-state index in [0.29, 0.717) is 6.42 Å². The van der Waals surface area contributed by atoms with Gasteiger partial charge in [0, 0.05) is 6.42 Å². The molecule has 0 heterocycles. The van der Waals surface area contributed by atoms with Crippen molar-refractivity contribution in [1.29, 1.82) is 0 Å². The van der Waals surface area contributed by atoms with Gasteiger partial charge < -0.3 is 26.0 Å². The van der Waals surface area contributed by atoms with Gasteiger partial charge in [0.15, 0.2) is 0 Å². The Bertz CT molecular complexity index is 624. The molecular weight excluding hydrogens is 440 g/mol. The Morgan fingerprint density at radius 3 is 1.91 bits per heavy atom. The maximum atomic E-state index is 12.6. The van der Waals surface area contributed by atoms with Crippen LogP contribution in [0.5, 0.6) is 0 Å². The molecule has 0 bridgehead atoms. The Balaban J connectivity index is 4.57. The standard InChI is InChI=1S/C25H46N2O7/c1-5-18(4)11-9-7-6-8-10-12-19(28)16-22(29)26-20(13-14-23(30)31)24(32)27-21(25(33)34)15-17(2)3/h17-21,28H,5-16H2,1-4H3,(H,26,29)(H,27,32)(H,30,31)(H,33,34). The summed E-state index contributed by atoms with van der Waals surface area (Å²) in [5.74, 6) is -2.86. The molecule has 0 aromatic heterocycles. The molecule has 0 saturated heterocycles. The van der Waals surface area contributed by atoms with Gasteiger partial charge in [0.25, 0.3) is 0 Å². The Morgan fingerprint density at radius 1 is 0.794 bits per heavy atom. The molecule has 9 nitrogen and oxygen atoms in total. The Labute approximate surface area is 204 Å². The average molecular weight is 487 g/mol. The van der Waals surface area contributed by atoms with Gasteiger partial charge in [-0.25, -0.2) is 4.79 Å². The number of carbonyl (C=O) groups is 4. The van der Waals surface area contributed by atoms with Gasteiger partial charge in [0.2, 0.25) is 11.8 Å². The van der Waals surface area contributed by atoms with Crippen molar-refractivity contribution in [3.63, 3.8) is 0 Å². The zero-order valence-electron chi connectivity index (χ0n) is 21.3. The van der Waals surface area contributed by atoms with Gasteiger partial charge in [-0.15, -0.1) is 0 Å². The quantitative estimate of drug-likeness (QED) is 0.165. The second-order valence-corrected chi connectivity index (χ2v) is 9.80. The minimum Gasteiger partial charge on any atom is -0.481 e. The number of carboxylic acid groups (broad SMARTS) is 2. The summed E-state index contributed by atoms with van der Waals surface area (Å²) in [6.07, 6.45) is 6.78. The number of rotatable bonds is 20. The minimum absolute atomic E-state index is 0.0171. The molecule has 9 heteroatoms. The zero-order chi connectivity index (χ0) is 26.1. The lowest BCUT2D eigenvalue weighted by molar-refractivity contribution is -0.143. The molecule has 198 valence electrons. The molecule has 34 heavy (non-hydrogen) atoms. The van der Waals surface area contributed by atoms with Gasteiger partial charge in [-0.1, -0.05) is 72.6 Å². The zero-order valence-corrected chi connectivity index (χ0v) is 21.3. The van der Waals surface area contributed by atoms with Crippen LogP contribution in [0.1, 0.15) is 105 Å². The van der Waals surface area contributed by atoms with Crippen molar-refractivity contribution >= 4 is 23.8 Å². The fourth-order valence-corrected chi connectivity index (χ4v) is 3.68. The molecule has 0 aliphatic rings. The number of carboxylic acids is 2. The van der Waals surface area contributed by atoms with Crippen molar-refractivity contribution in [3.05, 3.63) is 0 Å². The summed E-state index contributed by atoms with van der Waals surface area (Å²) in [4.78, 5) is 47.3. The number of unbranched alkanes of at least 4 members (excludes halogenated alkanes) is 4. The van der Waals surface area contributed by atoms with Crippen molar-refractivity contribution in [2.75, 3.05) is 0 Å². The van der Waals surface area contributed by atoms with Gasteiger partial charge in [-0.2, -0.15) is 0 Å². The summed E-state index contributed by atoms with van der Waals surface area (Å²) in [7, 11) is 0. The lowest BCUT2D eigenvalue weighted by atomic mass is 9.99. The Morgan fingerprint density at radius 2 is 1.38 bits per heavy atom. The highest BCUT2D eigenvalue weighted by molar-refractivity contribution is 5.90. The second kappa shape index (κ2) is 18.2. The number of hydrogen-bond acceptors (Lipinski definition) is 5. The number of amides is 2. The summed E-state index contributed by atoms with van der Waals surface area (Å²) >= 11 is 0. The van der Waals surface area contributed by atoms with Crippen LogP contribution < -0.4 is 10.6 Å². The van der Waals surface area contributed by atoms with Gasteiger partial charge in [-0.3, -0.25) is 14.4 Å². The number of hydrogen-bond donors (Lipinski definition) is 5. The Kier molecular flexibility index (Phi) is 17.0. The van der Waals surface area contributed by atoms with Crippen LogP contribution in [-0.4, -0.2) is 57.3 Å². The van der Waals surface area contributed by atoms with Crippen LogP contribution >= 0.6 is 0 Å². The molecular formula is C25H46N2O7. The predicted molar refractivity (Wildman–Crippen MR) is 130 cm³/mol. The SMILES string of the molecule is CCC(C)CCCCCCCC(O)CC(=O)NC(CCC(=O)O)C(=O)NC(CC(C)C)C(=O)O.